The molecular weight excluding hydrogens is 384 g/mol. The van der Waals surface area contributed by atoms with Gasteiger partial charge in [0, 0.05) is 12.5 Å². The highest BCUT2D eigenvalue weighted by molar-refractivity contribution is 5.84. The van der Waals surface area contributed by atoms with Gasteiger partial charge in [0.1, 0.15) is 11.8 Å². The summed E-state index contributed by atoms with van der Waals surface area (Å²) in [6, 6.07) is 14.7. The number of piperidine rings is 1. The van der Waals surface area contributed by atoms with Gasteiger partial charge in [-0.05, 0) is 79.9 Å². The standard InChI is InChI=1S/C27H28N2O2/c1-18-10-20(16-29-8-3-2-4-9-29)13-24-26(30)25(17-31-27(18)24)22-7-5-6-21(14-22)23-11-19(12-23)15-28/h5-7,10,13-14,17,19,23H,2-4,8-9,11-12,16H2,1H3. The van der Waals surface area contributed by atoms with Crippen molar-refractivity contribution < 1.29 is 4.42 Å². The lowest BCUT2D eigenvalue weighted by Crippen LogP contribution is -2.29. The summed E-state index contributed by atoms with van der Waals surface area (Å²) in [7, 11) is 0. The Labute approximate surface area is 183 Å². The first-order chi connectivity index (χ1) is 15.1. The van der Waals surface area contributed by atoms with Gasteiger partial charge in [-0.25, -0.2) is 0 Å². The maximum absolute atomic E-state index is 13.5. The monoisotopic (exact) mass is 412 g/mol. The van der Waals surface area contributed by atoms with Gasteiger partial charge in [-0.3, -0.25) is 9.69 Å². The number of hydrogen-bond donors (Lipinski definition) is 0. The predicted octanol–water partition coefficient (Wildman–Crippen LogP) is 5.77. The van der Waals surface area contributed by atoms with Gasteiger partial charge in [0.2, 0.25) is 5.43 Å². The molecule has 1 saturated heterocycles. The van der Waals surface area contributed by atoms with Crippen LogP contribution in [0.1, 0.15) is 54.7 Å². The zero-order chi connectivity index (χ0) is 21.4. The van der Waals surface area contributed by atoms with Gasteiger partial charge in [0.15, 0.2) is 0 Å². The van der Waals surface area contributed by atoms with E-state index in [2.05, 4.69) is 29.2 Å². The van der Waals surface area contributed by atoms with Crippen molar-refractivity contribution in [1.82, 2.24) is 4.90 Å². The zero-order valence-corrected chi connectivity index (χ0v) is 18.1. The maximum atomic E-state index is 13.5. The lowest BCUT2D eigenvalue weighted by atomic mass is 9.72. The van der Waals surface area contributed by atoms with E-state index in [1.165, 1.54) is 30.4 Å². The third kappa shape index (κ3) is 3.91. The van der Waals surface area contributed by atoms with Crippen molar-refractivity contribution in [3.05, 3.63) is 69.6 Å². The minimum Gasteiger partial charge on any atom is -0.463 e. The van der Waals surface area contributed by atoms with Crippen molar-refractivity contribution >= 4 is 11.0 Å². The Morgan fingerprint density at radius 3 is 2.71 bits per heavy atom. The Balaban J connectivity index is 1.49. The van der Waals surface area contributed by atoms with Crippen molar-refractivity contribution in [2.24, 2.45) is 5.92 Å². The van der Waals surface area contributed by atoms with Crippen LogP contribution >= 0.6 is 0 Å². The lowest BCUT2D eigenvalue weighted by Gasteiger charge is -2.31. The number of aryl methyl sites for hydroxylation is 1. The molecule has 0 bridgehead atoms. The highest BCUT2D eigenvalue weighted by Gasteiger charge is 2.30. The van der Waals surface area contributed by atoms with E-state index in [1.54, 1.807) is 6.26 Å². The molecule has 4 heteroatoms. The molecule has 2 aromatic carbocycles. The molecule has 4 nitrogen and oxygen atoms in total. The number of nitrogens with zero attached hydrogens (tertiary/aromatic N) is 2. The summed E-state index contributed by atoms with van der Waals surface area (Å²) in [5.74, 6) is 0.580. The van der Waals surface area contributed by atoms with E-state index in [-0.39, 0.29) is 11.3 Å². The van der Waals surface area contributed by atoms with Gasteiger partial charge in [-0.2, -0.15) is 5.26 Å². The van der Waals surface area contributed by atoms with E-state index in [4.69, 9.17) is 9.68 Å². The molecular formula is C27H28N2O2. The molecule has 2 aliphatic rings. The number of nitriles is 1. The number of rotatable bonds is 4. The molecule has 1 saturated carbocycles. The summed E-state index contributed by atoms with van der Waals surface area (Å²) >= 11 is 0. The fraction of sp³-hybridized carbons (Fsp3) is 0.407. The van der Waals surface area contributed by atoms with Crippen LogP contribution in [0.2, 0.25) is 0 Å². The van der Waals surface area contributed by atoms with E-state index < -0.39 is 0 Å². The second-order valence-electron chi connectivity index (χ2n) is 9.22. The quantitative estimate of drug-likeness (QED) is 0.546. The molecule has 0 amide bonds. The summed E-state index contributed by atoms with van der Waals surface area (Å²) in [6.07, 6.45) is 7.25. The summed E-state index contributed by atoms with van der Waals surface area (Å²) in [6.45, 7) is 5.17. The average molecular weight is 413 g/mol. The molecule has 0 unspecified atom stereocenters. The molecule has 31 heavy (non-hydrogen) atoms. The molecule has 0 spiro atoms. The minimum atomic E-state index is 0.0329. The topological polar surface area (TPSA) is 57.2 Å². The Hall–Kier alpha value is -2.90. The highest BCUT2D eigenvalue weighted by atomic mass is 16.3. The molecule has 1 aliphatic carbocycles. The van der Waals surface area contributed by atoms with Crippen molar-refractivity contribution in [3.63, 3.8) is 0 Å². The molecule has 5 rings (SSSR count). The van der Waals surface area contributed by atoms with E-state index in [1.807, 2.05) is 25.1 Å². The number of benzene rings is 2. The normalized spacial score (nSPS) is 21.5. The molecule has 1 aromatic heterocycles. The average Bonchev–Trinajstić information content (AvgIpc) is 2.75. The predicted molar refractivity (Wildman–Crippen MR) is 123 cm³/mol. The molecule has 2 heterocycles. The van der Waals surface area contributed by atoms with E-state index in [9.17, 15) is 4.79 Å². The minimum absolute atomic E-state index is 0.0329. The zero-order valence-electron chi connectivity index (χ0n) is 18.1. The van der Waals surface area contributed by atoms with E-state index >= 15 is 0 Å². The van der Waals surface area contributed by atoms with E-state index in [0.29, 0.717) is 22.5 Å². The lowest BCUT2D eigenvalue weighted by molar-refractivity contribution is 0.221. The Bertz CT molecular complexity index is 1210. The van der Waals surface area contributed by atoms with Crippen molar-refractivity contribution in [3.8, 4) is 17.2 Å². The summed E-state index contributed by atoms with van der Waals surface area (Å²) in [5, 5.41) is 9.73. The largest absolute Gasteiger partial charge is 0.463 e. The van der Waals surface area contributed by atoms with Crippen LogP contribution in [0.25, 0.3) is 22.1 Å². The van der Waals surface area contributed by atoms with Gasteiger partial charge < -0.3 is 4.42 Å². The highest BCUT2D eigenvalue weighted by Crippen LogP contribution is 2.41. The van der Waals surface area contributed by atoms with Crippen molar-refractivity contribution in [2.75, 3.05) is 13.1 Å². The van der Waals surface area contributed by atoms with Gasteiger partial charge in [-0.15, -0.1) is 0 Å². The van der Waals surface area contributed by atoms with Crippen LogP contribution in [0, 0.1) is 24.2 Å². The molecule has 3 aromatic rings. The van der Waals surface area contributed by atoms with Crippen molar-refractivity contribution in [2.45, 2.75) is 51.5 Å². The van der Waals surface area contributed by atoms with Crippen LogP contribution in [-0.4, -0.2) is 18.0 Å². The second kappa shape index (κ2) is 8.32. The summed E-state index contributed by atoms with van der Waals surface area (Å²) < 4.78 is 5.97. The fourth-order valence-corrected chi connectivity index (χ4v) is 5.11. The van der Waals surface area contributed by atoms with E-state index in [0.717, 1.165) is 43.6 Å². The Kier molecular flexibility index (Phi) is 5.38. The van der Waals surface area contributed by atoms with Crippen LogP contribution in [0.3, 0.4) is 0 Å². The van der Waals surface area contributed by atoms with Crippen LogP contribution in [0.15, 0.2) is 51.9 Å². The fourth-order valence-electron chi connectivity index (χ4n) is 5.11. The van der Waals surface area contributed by atoms with Crippen molar-refractivity contribution in [1.29, 1.82) is 5.26 Å². The third-order valence-electron chi connectivity index (χ3n) is 6.96. The first-order valence-corrected chi connectivity index (χ1v) is 11.4. The SMILES string of the molecule is Cc1cc(CN2CCCCC2)cc2c(=O)c(-c3cccc(C4CC(C#N)C4)c3)coc12. The number of fused-ring (bicyclic) bond motifs is 1. The van der Waals surface area contributed by atoms with Crippen LogP contribution < -0.4 is 5.43 Å². The van der Waals surface area contributed by atoms with Gasteiger partial charge in [0.25, 0.3) is 0 Å². The maximum Gasteiger partial charge on any atom is 0.200 e. The molecule has 0 N–H and O–H groups in total. The number of likely N-dealkylation sites (tertiary alicyclic amines) is 1. The molecule has 158 valence electrons. The van der Waals surface area contributed by atoms with Gasteiger partial charge in [-0.1, -0.05) is 36.8 Å². The van der Waals surface area contributed by atoms with Crippen LogP contribution in [0.5, 0.6) is 0 Å². The number of hydrogen-bond acceptors (Lipinski definition) is 4. The van der Waals surface area contributed by atoms with Crippen LogP contribution in [-0.2, 0) is 6.54 Å². The van der Waals surface area contributed by atoms with Gasteiger partial charge in [0.05, 0.1) is 17.0 Å². The molecule has 1 aliphatic heterocycles. The molecule has 0 radical (unpaired) electrons. The van der Waals surface area contributed by atoms with Gasteiger partial charge >= 0.3 is 0 Å². The smallest absolute Gasteiger partial charge is 0.200 e. The Morgan fingerprint density at radius 2 is 1.94 bits per heavy atom. The summed E-state index contributed by atoms with van der Waals surface area (Å²) in [4.78, 5) is 16.0. The molecule has 2 fully saturated rings. The Morgan fingerprint density at radius 1 is 1.13 bits per heavy atom. The molecule has 0 atom stereocenters. The first kappa shape index (κ1) is 20.0. The van der Waals surface area contributed by atoms with Crippen LogP contribution in [0.4, 0.5) is 0 Å². The second-order valence-corrected chi connectivity index (χ2v) is 9.22. The first-order valence-electron chi connectivity index (χ1n) is 11.4. The third-order valence-corrected chi connectivity index (χ3v) is 6.96. The summed E-state index contributed by atoms with van der Waals surface area (Å²) in [5.41, 5.74) is 5.63.